The monoisotopic (exact) mass is 285 g/mol. The summed E-state index contributed by atoms with van der Waals surface area (Å²) in [7, 11) is -3.57. The van der Waals surface area contributed by atoms with Gasteiger partial charge in [-0.1, -0.05) is 12.1 Å². The summed E-state index contributed by atoms with van der Waals surface area (Å²) < 4.78 is 31.1. The van der Waals surface area contributed by atoms with Crippen molar-refractivity contribution in [1.29, 1.82) is 0 Å². The molecular weight excluding hydrogens is 270 g/mol. The van der Waals surface area contributed by atoms with Crippen molar-refractivity contribution in [2.75, 3.05) is 6.54 Å². The van der Waals surface area contributed by atoms with Crippen LogP contribution < -0.4 is 4.72 Å². The Morgan fingerprint density at radius 2 is 2.26 bits per heavy atom. The highest BCUT2D eigenvalue weighted by Crippen LogP contribution is 2.06. The number of aromatic amines is 1. The minimum absolute atomic E-state index is 0.0612. The van der Waals surface area contributed by atoms with Crippen molar-refractivity contribution in [1.82, 2.24) is 24.8 Å². The van der Waals surface area contributed by atoms with E-state index in [2.05, 4.69) is 24.8 Å². The molecule has 8 nitrogen and oxygen atoms in total. The summed E-state index contributed by atoms with van der Waals surface area (Å²) in [6.45, 7) is 3.78. The predicted molar refractivity (Wildman–Crippen MR) is 65.9 cm³/mol. The molecule has 2 heterocycles. The van der Waals surface area contributed by atoms with Crippen LogP contribution in [-0.4, -0.2) is 35.1 Å². The smallest absolute Gasteiger partial charge is 0.257 e. The number of aryl methyl sites for hydroxylation is 2. The molecule has 0 fully saturated rings. The van der Waals surface area contributed by atoms with Gasteiger partial charge >= 0.3 is 0 Å². The second-order valence-electron chi connectivity index (χ2n) is 3.93. The lowest BCUT2D eigenvalue weighted by Gasteiger charge is -2.02. The van der Waals surface area contributed by atoms with Crippen molar-refractivity contribution in [2.45, 2.75) is 31.7 Å². The Kier molecular flexibility index (Phi) is 3.96. The lowest BCUT2D eigenvalue weighted by atomic mass is 10.4. The number of sulfonamides is 1. The second kappa shape index (κ2) is 5.49. The SMILES string of the molecule is CCc1ncc(S(=O)(=O)NCCc2nc(C)no2)[nH]1. The molecule has 0 aliphatic rings. The van der Waals surface area contributed by atoms with Gasteiger partial charge in [0.15, 0.2) is 10.9 Å². The van der Waals surface area contributed by atoms with E-state index in [9.17, 15) is 8.42 Å². The minimum atomic E-state index is -3.57. The molecule has 0 saturated heterocycles. The van der Waals surface area contributed by atoms with Gasteiger partial charge in [0.25, 0.3) is 10.0 Å². The summed E-state index contributed by atoms with van der Waals surface area (Å²) in [6, 6.07) is 0. The fourth-order valence-electron chi connectivity index (χ4n) is 1.47. The Balaban J connectivity index is 1.94. The van der Waals surface area contributed by atoms with E-state index in [1.165, 1.54) is 6.20 Å². The Bertz CT molecular complexity index is 646. The van der Waals surface area contributed by atoms with Crippen LogP contribution in [0.15, 0.2) is 15.7 Å². The largest absolute Gasteiger partial charge is 0.339 e. The van der Waals surface area contributed by atoms with Crippen LogP contribution in [0, 0.1) is 6.92 Å². The fourth-order valence-corrected chi connectivity index (χ4v) is 2.44. The zero-order chi connectivity index (χ0) is 13.9. The maximum atomic E-state index is 11.9. The molecule has 0 atom stereocenters. The molecular formula is C10H15N5O3S. The van der Waals surface area contributed by atoms with Crippen molar-refractivity contribution in [3.8, 4) is 0 Å². The van der Waals surface area contributed by atoms with Gasteiger partial charge in [-0.05, 0) is 6.92 Å². The summed E-state index contributed by atoms with van der Waals surface area (Å²) >= 11 is 0. The van der Waals surface area contributed by atoms with Gasteiger partial charge in [-0.15, -0.1) is 0 Å². The first kappa shape index (κ1) is 13.7. The summed E-state index contributed by atoms with van der Waals surface area (Å²) in [5.74, 6) is 1.56. The minimum Gasteiger partial charge on any atom is -0.339 e. The fraction of sp³-hybridized carbons (Fsp3) is 0.500. The first-order valence-electron chi connectivity index (χ1n) is 5.84. The van der Waals surface area contributed by atoms with E-state index in [1.807, 2.05) is 6.92 Å². The van der Waals surface area contributed by atoms with Gasteiger partial charge in [-0.2, -0.15) is 4.98 Å². The Labute approximate surface area is 110 Å². The third-order valence-electron chi connectivity index (χ3n) is 2.43. The van der Waals surface area contributed by atoms with Gasteiger partial charge in [0.1, 0.15) is 5.82 Å². The maximum absolute atomic E-state index is 11.9. The van der Waals surface area contributed by atoms with E-state index >= 15 is 0 Å². The molecule has 2 rings (SSSR count). The van der Waals surface area contributed by atoms with Crippen LogP contribution in [0.25, 0.3) is 0 Å². The van der Waals surface area contributed by atoms with Crippen molar-refractivity contribution in [3.05, 3.63) is 23.7 Å². The first-order chi connectivity index (χ1) is 9.01. The molecule has 0 radical (unpaired) electrons. The van der Waals surface area contributed by atoms with E-state index in [1.54, 1.807) is 6.92 Å². The molecule has 0 bridgehead atoms. The van der Waals surface area contributed by atoms with E-state index in [0.29, 0.717) is 30.4 Å². The lowest BCUT2D eigenvalue weighted by Crippen LogP contribution is -2.26. The number of H-pyrrole nitrogens is 1. The first-order valence-corrected chi connectivity index (χ1v) is 7.32. The molecule has 0 spiro atoms. The molecule has 0 amide bonds. The molecule has 2 aromatic heterocycles. The average Bonchev–Trinajstić information content (AvgIpc) is 2.98. The molecule has 19 heavy (non-hydrogen) atoms. The molecule has 2 aromatic rings. The highest BCUT2D eigenvalue weighted by atomic mass is 32.2. The lowest BCUT2D eigenvalue weighted by molar-refractivity contribution is 0.375. The molecule has 0 saturated carbocycles. The molecule has 0 aliphatic carbocycles. The van der Waals surface area contributed by atoms with Crippen molar-refractivity contribution in [3.63, 3.8) is 0 Å². The standard InChI is InChI=1S/C10H15N5O3S/c1-3-8-11-6-10(14-8)19(16,17)12-5-4-9-13-7(2)15-18-9/h6,12H,3-5H2,1-2H3,(H,11,14). The van der Waals surface area contributed by atoms with Crippen LogP contribution in [0.4, 0.5) is 0 Å². The van der Waals surface area contributed by atoms with Crippen LogP contribution in [0.2, 0.25) is 0 Å². The highest BCUT2D eigenvalue weighted by molar-refractivity contribution is 7.89. The summed E-state index contributed by atoms with van der Waals surface area (Å²) in [5.41, 5.74) is 0. The molecule has 2 N–H and O–H groups in total. The van der Waals surface area contributed by atoms with E-state index < -0.39 is 10.0 Å². The van der Waals surface area contributed by atoms with Crippen LogP contribution in [0.3, 0.4) is 0 Å². The molecule has 0 aromatic carbocycles. The van der Waals surface area contributed by atoms with Gasteiger partial charge in [-0.25, -0.2) is 18.1 Å². The zero-order valence-corrected chi connectivity index (χ0v) is 11.5. The summed E-state index contributed by atoms with van der Waals surface area (Å²) in [5, 5.41) is 3.69. The number of imidazole rings is 1. The van der Waals surface area contributed by atoms with Crippen molar-refractivity contribution >= 4 is 10.0 Å². The molecule has 9 heteroatoms. The summed E-state index contributed by atoms with van der Waals surface area (Å²) in [4.78, 5) is 10.7. The number of nitrogens with zero attached hydrogens (tertiary/aromatic N) is 3. The van der Waals surface area contributed by atoms with Crippen LogP contribution >= 0.6 is 0 Å². The highest BCUT2D eigenvalue weighted by Gasteiger charge is 2.16. The Hall–Kier alpha value is -1.74. The Morgan fingerprint density at radius 1 is 1.47 bits per heavy atom. The number of hydrogen-bond donors (Lipinski definition) is 2. The molecule has 104 valence electrons. The van der Waals surface area contributed by atoms with Gasteiger partial charge in [0.05, 0.1) is 6.20 Å². The number of aromatic nitrogens is 4. The third-order valence-corrected chi connectivity index (χ3v) is 3.80. The summed E-state index contributed by atoms with van der Waals surface area (Å²) in [6.07, 6.45) is 2.30. The zero-order valence-electron chi connectivity index (χ0n) is 10.7. The van der Waals surface area contributed by atoms with Gasteiger partial charge in [0.2, 0.25) is 5.89 Å². The van der Waals surface area contributed by atoms with Crippen LogP contribution in [0.5, 0.6) is 0 Å². The number of nitrogens with one attached hydrogen (secondary N) is 2. The van der Waals surface area contributed by atoms with Gasteiger partial charge in [-0.3, -0.25) is 0 Å². The normalized spacial score (nSPS) is 11.9. The van der Waals surface area contributed by atoms with Crippen LogP contribution in [0.1, 0.15) is 24.5 Å². The van der Waals surface area contributed by atoms with Gasteiger partial charge < -0.3 is 9.51 Å². The number of hydrogen-bond acceptors (Lipinski definition) is 6. The molecule has 0 unspecified atom stereocenters. The van der Waals surface area contributed by atoms with Crippen molar-refractivity contribution in [2.24, 2.45) is 0 Å². The van der Waals surface area contributed by atoms with Crippen LogP contribution in [-0.2, 0) is 22.9 Å². The van der Waals surface area contributed by atoms with Crippen molar-refractivity contribution < 1.29 is 12.9 Å². The van der Waals surface area contributed by atoms with E-state index in [4.69, 9.17) is 4.52 Å². The maximum Gasteiger partial charge on any atom is 0.257 e. The predicted octanol–water partition coefficient (Wildman–Crippen LogP) is 0.185. The Morgan fingerprint density at radius 3 is 2.84 bits per heavy atom. The van der Waals surface area contributed by atoms with E-state index in [-0.39, 0.29) is 11.6 Å². The third kappa shape index (κ3) is 3.38. The van der Waals surface area contributed by atoms with Gasteiger partial charge in [0, 0.05) is 19.4 Å². The average molecular weight is 285 g/mol. The topological polar surface area (TPSA) is 114 Å². The molecule has 0 aliphatic heterocycles. The number of rotatable bonds is 6. The van der Waals surface area contributed by atoms with E-state index in [0.717, 1.165) is 0 Å². The quantitative estimate of drug-likeness (QED) is 0.783. The second-order valence-corrected chi connectivity index (χ2v) is 5.67.